The molecule has 1 heterocycles. The standard InChI is InChI=1S/C25H25N3O5/c1-3-33-19-14-12-18(13-15-19)28-24(30)27-21-10-6-5-9-20(21)25(28,31)23(29)26-16-17-8-4-7-11-22(17)32-2/h4-15,31H,3,16H2,1-2H3,(H,26,29)(H,27,30)/t25-/m1/s1. The van der Waals surface area contributed by atoms with Crippen LogP contribution in [0.4, 0.5) is 16.2 Å². The topological polar surface area (TPSA) is 100 Å². The number of amides is 3. The second kappa shape index (κ2) is 9.22. The predicted octanol–water partition coefficient (Wildman–Crippen LogP) is 3.61. The van der Waals surface area contributed by atoms with Crippen molar-refractivity contribution in [2.75, 3.05) is 23.9 Å². The van der Waals surface area contributed by atoms with Crippen molar-refractivity contribution in [2.24, 2.45) is 0 Å². The van der Waals surface area contributed by atoms with E-state index in [0.717, 1.165) is 10.5 Å². The number of fused-ring (bicyclic) bond motifs is 1. The van der Waals surface area contributed by atoms with Gasteiger partial charge in [0.15, 0.2) is 0 Å². The Balaban J connectivity index is 1.72. The first kappa shape index (κ1) is 22.2. The second-order valence-electron chi connectivity index (χ2n) is 7.40. The highest BCUT2D eigenvalue weighted by Crippen LogP contribution is 2.40. The molecule has 0 aromatic heterocycles. The second-order valence-corrected chi connectivity index (χ2v) is 7.40. The summed E-state index contributed by atoms with van der Waals surface area (Å²) in [7, 11) is 1.55. The third-order valence-corrected chi connectivity index (χ3v) is 5.43. The summed E-state index contributed by atoms with van der Waals surface area (Å²) in [5, 5.41) is 17.4. The van der Waals surface area contributed by atoms with E-state index in [1.807, 2.05) is 25.1 Å². The molecule has 3 aromatic rings. The Hall–Kier alpha value is -4.04. The van der Waals surface area contributed by atoms with Gasteiger partial charge in [-0.3, -0.25) is 9.69 Å². The molecule has 1 aliphatic rings. The number of nitrogens with zero attached hydrogens (tertiary/aromatic N) is 1. The molecule has 4 rings (SSSR count). The third kappa shape index (κ3) is 4.08. The number of hydrogen-bond acceptors (Lipinski definition) is 5. The lowest BCUT2D eigenvalue weighted by molar-refractivity contribution is -0.140. The average molecular weight is 447 g/mol. The Morgan fingerprint density at radius 3 is 2.48 bits per heavy atom. The molecular formula is C25H25N3O5. The van der Waals surface area contributed by atoms with Crippen LogP contribution in [0.1, 0.15) is 18.1 Å². The van der Waals surface area contributed by atoms with E-state index in [2.05, 4.69) is 10.6 Å². The van der Waals surface area contributed by atoms with Crippen LogP contribution in [0.15, 0.2) is 72.8 Å². The zero-order valence-electron chi connectivity index (χ0n) is 18.4. The number of rotatable bonds is 7. The van der Waals surface area contributed by atoms with Crippen LogP contribution < -0.4 is 25.0 Å². The molecule has 0 bridgehead atoms. The number of carbonyl (C=O) groups excluding carboxylic acids is 2. The van der Waals surface area contributed by atoms with Crippen molar-refractivity contribution in [3.05, 3.63) is 83.9 Å². The van der Waals surface area contributed by atoms with Crippen molar-refractivity contribution >= 4 is 23.3 Å². The number of methoxy groups -OCH3 is 1. The minimum Gasteiger partial charge on any atom is -0.496 e. The number of ether oxygens (including phenoxy) is 2. The Bertz CT molecular complexity index is 1160. The summed E-state index contributed by atoms with van der Waals surface area (Å²) in [6.45, 7) is 2.46. The number of benzene rings is 3. The van der Waals surface area contributed by atoms with Gasteiger partial charge in [-0.05, 0) is 43.3 Å². The van der Waals surface area contributed by atoms with Crippen molar-refractivity contribution in [2.45, 2.75) is 19.2 Å². The zero-order valence-corrected chi connectivity index (χ0v) is 18.4. The SMILES string of the molecule is CCOc1ccc(N2C(=O)Nc3ccccc3[C@@]2(O)C(=O)NCc2ccccc2OC)cc1. The molecule has 8 heteroatoms. The van der Waals surface area contributed by atoms with Crippen LogP contribution in [-0.2, 0) is 17.1 Å². The normalized spacial score (nSPS) is 17.1. The van der Waals surface area contributed by atoms with Gasteiger partial charge in [0.25, 0.3) is 11.6 Å². The summed E-state index contributed by atoms with van der Waals surface area (Å²) in [6.07, 6.45) is 0. The Morgan fingerprint density at radius 1 is 1.06 bits per heavy atom. The molecule has 8 nitrogen and oxygen atoms in total. The summed E-state index contributed by atoms with van der Waals surface area (Å²) in [6, 6.07) is 19.9. The van der Waals surface area contributed by atoms with Crippen LogP contribution in [0.2, 0.25) is 0 Å². The van der Waals surface area contributed by atoms with Crippen LogP contribution in [0.25, 0.3) is 0 Å². The van der Waals surface area contributed by atoms with Crippen LogP contribution in [-0.4, -0.2) is 30.8 Å². The fourth-order valence-electron chi connectivity index (χ4n) is 3.87. The molecule has 0 radical (unpaired) electrons. The summed E-state index contributed by atoms with van der Waals surface area (Å²) in [5.41, 5.74) is -0.595. The maximum Gasteiger partial charge on any atom is 0.329 e. The maximum absolute atomic E-state index is 13.5. The molecular weight excluding hydrogens is 422 g/mol. The molecule has 0 unspecified atom stereocenters. The van der Waals surface area contributed by atoms with Gasteiger partial charge in [0, 0.05) is 23.4 Å². The number of hydrogen-bond donors (Lipinski definition) is 3. The molecule has 170 valence electrons. The van der Waals surface area contributed by atoms with E-state index in [1.165, 1.54) is 0 Å². The van der Waals surface area contributed by atoms with Crippen LogP contribution in [0, 0.1) is 0 Å². The molecule has 1 aliphatic heterocycles. The van der Waals surface area contributed by atoms with Gasteiger partial charge < -0.3 is 25.2 Å². The van der Waals surface area contributed by atoms with Gasteiger partial charge in [0.1, 0.15) is 11.5 Å². The number of anilines is 2. The quantitative estimate of drug-likeness (QED) is 0.514. The Labute approximate surface area is 191 Å². The lowest BCUT2D eigenvalue weighted by Gasteiger charge is -2.42. The van der Waals surface area contributed by atoms with Gasteiger partial charge >= 0.3 is 6.03 Å². The van der Waals surface area contributed by atoms with Gasteiger partial charge in [-0.2, -0.15) is 0 Å². The predicted molar refractivity (Wildman–Crippen MR) is 124 cm³/mol. The van der Waals surface area contributed by atoms with E-state index >= 15 is 0 Å². The monoisotopic (exact) mass is 447 g/mol. The van der Waals surface area contributed by atoms with Crippen LogP contribution in [0.3, 0.4) is 0 Å². The lowest BCUT2D eigenvalue weighted by atomic mass is 9.94. The summed E-state index contributed by atoms with van der Waals surface area (Å²) in [4.78, 5) is 27.6. The third-order valence-electron chi connectivity index (χ3n) is 5.43. The Morgan fingerprint density at radius 2 is 1.76 bits per heavy atom. The fraction of sp³-hybridized carbons (Fsp3) is 0.200. The van der Waals surface area contributed by atoms with E-state index in [-0.39, 0.29) is 12.1 Å². The fourth-order valence-corrected chi connectivity index (χ4v) is 3.87. The zero-order chi connectivity index (χ0) is 23.4. The average Bonchev–Trinajstić information content (AvgIpc) is 2.84. The van der Waals surface area contributed by atoms with E-state index in [9.17, 15) is 14.7 Å². The highest BCUT2D eigenvalue weighted by Gasteiger charge is 2.51. The number of aliphatic hydroxyl groups is 1. The number of nitrogens with one attached hydrogen (secondary N) is 2. The molecule has 0 spiro atoms. The molecule has 3 N–H and O–H groups in total. The number of para-hydroxylation sites is 2. The first-order chi connectivity index (χ1) is 16.0. The largest absolute Gasteiger partial charge is 0.496 e. The summed E-state index contributed by atoms with van der Waals surface area (Å²) < 4.78 is 10.8. The number of carbonyl (C=O) groups is 2. The summed E-state index contributed by atoms with van der Waals surface area (Å²) in [5.74, 6) is 0.475. The van der Waals surface area contributed by atoms with Gasteiger partial charge in [-0.1, -0.05) is 36.4 Å². The molecule has 0 saturated heterocycles. The Kier molecular flexibility index (Phi) is 6.19. The van der Waals surface area contributed by atoms with Gasteiger partial charge in [-0.25, -0.2) is 4.79 Å². The highest BCUT2D eigenvalue weighted by atomic mass is 16.5. The molecule has 3 aromatic carbocycles. The minimum absolute atomic E-state index is 0.103. The van der Waals surface area contributed by atoms with Gasteiger partial charge in [0.2, 0.25) is 0 Å². The molecule has 3 amide bonds. The first-order valence-electron chi connectivity index (χ1n) is 10.5. The molecule has 33 heavy (non-hydrogen) atoms. The molecule has 1 atom stereocenters. The van der Waals surface area contributed by atoms with E-state index in [4.69, 9.17) is 9.47 Å². The van der Waals surface area contributed by atoms with Crippen molar-refractivity contribution in [3.8, 4) is 11.5 Å². The van der Waals surface area contributed by atoms with Crippen molar-refractivity contribution in [1.29, 1.82) is 0 Å². The van der Waals surface area contributed by atoms with E-state index in [0.29, 0.717) is 29.5 Å². The lowest BCUT2D eigenvalue weighted by Crippen LogP contribution is -2.62. The van der Waals surface area contributed by atoms with E-state index < -0.39 is 17.7 Å². The van der Waals surface area contributed by atoms with Crippen molar-refractivity contribution < 1.29 is 24.2 Å². The number of urea groups is 1. The van der Waals surface area contributed by atoms with Crippen molar-refractivity contribution in [1.82, 2.24) is 5.32 Å². The molecule has 0 saturated carbocycles. The first-order valence-corrected chi connectivity index (χ1v) is 10.5. The van der Waals surface area contributed by atoms with Crippen LogP contribution in [0.5, 0.6) is 11.5 Å². The smallest absolute Gasteiger partial charge is 0.329 e. The van der Waals surface area contributed by atoms with Gasteiger partial charge in [-0.15, -0.1) is 0 Å². The molecule has 0 aliphatic carbocycles. The molecule has 0 fully saturated rings. The van der Waals surface area contributed by atoms with Crippen LogP contribution >= 0.6 is 0 Å². The maximum atomic E-state index is 13.5. The van der Waals surface area contributed by atoms with E-state index in [1.54, 1.807) is 61.7 Å². The highest BCUT2D eigenvalue weighted by molar-refractivity contribution is 6.11. The van der Waals surface area contributed by atoms with Gasteiger partial charge in [0.05, 0.1) is 19.4 Å². The van der Waals surface area contributed by atoms with Crippen molar-refractivity contribution in [3.63, 3.8) is 0 Å². The summed E-state index contributed by atoms with van der Waals surface area (Å²) >= 11 is 0. The minimum atomic E-state index is -2.28.